The molecule has 0 saturated carbocycles. The van der Waals surface area contributed by atoms with E-state index < -0.39 is 11.7 Å². The molecule has 2 fully saturated rings. The Hall–Kier alpha value is -0.720. The highest BCUT2D eigenvalue weighted by atomic mass is 32.2. The van der Waals surface area contributed by atoms with Gasteiger partial charge in [-0.05, 0) is 43.1 Å². The highest BCUT2D eigenvalue weighted by molar-refractivity contribution is 7.99. The number of halogens is 3. The molecule has 0 bridgehead atoms. The first-order valence-corrected chi connectivity index (χ1v) is 8.24. The van der Waals surface area contributed by atoms with Crippen LogP contribution in [-0.2, 0) is 6.18 Å². The van der Waals surface area contributed by atoms with Crippen molar-refractivity contribution in [2.24, 2.45) is 11.8 Å². The van der Waals surface area contributed by atoms with Crippen LogP contribution in [0.4, 0.5) is 13.2 Å². The van der Waals surface area contributed by atoms with Gasteiger partial charge in [-0.15, -0.1) is 11.8 Å². The number of benzene rings is 1. The molecule has 0 amide bonds. The summed E-state index contributed by atoms with van der Waals surface area (Å²) in [6.45, 7) is 5.43. The Bertz CT molecular complexity index is 480. The zero-order valence-electron chi connectivity index (χ0n) is 11.7. The van der Waals surface area contributed by atoms with Gasteiger partial charge in [0.1, 0.15) is 0 Å². The summed E-state index contributed by atoms with van der Waals surface area (Å²) in [4.78, 5) is 3.14. The molecule has 0 spiro atoms. The largest absolute Gasteiger partial charge is 0.416 e. The molecule has 2 aliphatic heterocycles. The lowest BCUT2D eigenvalue weighted by Crippen LogP contribution is -2.27. The van der Waals surface area contributed by atoms with Gasteiger partial charge >= 0.3 is 6.18 Å². The van der Waals surface area contributed by atoms with E-state index in [0.717, 1.165) is 56.4 Å². The van der Waals surface area contributed by atoms with Crippen molar-refractivity contribution in [2.45, 2.75) is 11.1 Å². The molecular formula is C15H19F3N2S. The third-order valence-electron chi connectivity index (χ3n) is 4.30. The van der Waals surface area contributed by atoms with Crippen LogP contribution >= 0.6 is 11.8 Å². The van der Waals surface area contributed by atoms with Gasteiger partial charge in [-0.1, -0.05) is 6.07 Å². The van der Waals surface area contributed by atoms with Crippen LogP contribution in [0.2, 0.25) is 0 Å². The van der Waals surface area contributed by atoms with Gasteiger partial charge in [0.25, 0.3) is 0 Å². The third-order valence-corrected chi connectivity index (χ3v) is 5.28. The summed E-state index contributed by atoms with van der Waals surface area (Å²) in [6, 6.07) is 5.60. The van der Waals surface area contributed by atoms with Crippen molar-refractivity contribution in [3.63, 3.8) is 0 Å². The van der Waals surface area contributed by atoms with Crippen LogP contribution in [0.1, 0.15) is 5.56 Å². The topological polar surface area (TPSA) is 15.3 Å². The van der Waals surface area contributed by atoms with Gasteiger partial charge in [0, 0.05) is 30.3 Å². The number of nitrogens with one attached hydrogen (secondary N) is 1. The van der Waals surface area contributed by atoms with Crippen LogP contribution in [0.25, 0.3) is 0 Å². The third kappa shape index (κ3) is 3.73. The molecule has 0 aliphatic carbocycles. The standard InChI is InChI=1S/C15H19F3N2S/c16-15(17,18)13-2-1-3-14(6-13)21-5-4-20-9-11-7-19-8-12(11)10-20/h1-3,6,11-12,19H,4-5,7-10H2/t11-,12+. The highest BCUT2D eigenvalue weighted by Crippen LogP contribution is 2.32. The average molecular weight is 316 g/mol. The smallest absolute Gasteiger partial charge is 0.316 e. The summed E-state index contributed by atoms with van der Waals surface area (Å²) in [5.41, 5.74) is -0.561. The maximum absolute atomic E-state index is 12.6. The van der Waals surface area contributed by atoms with E-state index in [2.05, 4.69) is 10.2 Å². The Morgan fingerprint density at radius 2 is 1.90 bits per heavy atom. The number of hydrogen-bond donors (Lipinski definition) is 1. The molecule has 1 N–H and O–H groups in total. The lowest BCUT2D eigenvalue weighted by Gasteiger charge is -2.16. The van der Waals surface area contributed by atoms with Gasteiger partial charge in [0.15, 0.2) is 0 Å². The van der Waals surface area contributed by atoms with E-state index in [0.29, 0.717) is 4.90 Å². The van der Waals surface area contributed by atoms with Crippen molar-refractivity contribution in [1.29, 1.82) is 0 Å². The second-order valence-corrected chi connectivity index (χ2v) is 6.98. The molecule has 2 heterocycles. The fourth-order valence-electron chi connectivity index (χ4n) is 3.19. The minimum atomic E-state index is -4.25. The molecule has 21 heavy (non-hydrogen) atoms. The predicted molar refractivity (Wildman–Crippen MR) is 78.5 cm³/mol. The van der Waals surface area contributed by atoms with Crippen LogP contribution in [0.15, 0.2) is 29.2 Å². The van der Waals surface area contributed by atoms with Gasteiger partial charge in [-0.3, -0.25) is 0 Å². The number of hydrogen-bond acceptors (Lipinski definition) is 3. The monoisotopic (exact) mass is 316 g/mol. The van der Waals surface area contributed by atoms with E-state index in [1.807, 2.05) is 0 Å². The Balaban J connectivity index is 1.47. The molecule has 1 aromatic rings. The molecule has 6 heteroatoms. The van der Waals surface area contributed by atoms with Crippen molar-refractivity contribution in [2.75, 3.05) is 38.5 Å². The van der Waals surface area contributed by atoms with E-state index in [1.165, 1.54) is 23.9 Å². The minimum absolute atomic E-state index is 0.561. The Morgan fingerprint density at radius 3 is 2.57 bits per heavy atom. The summed E-state index contributed by atoms with van der Waals surface area (Å²) in [6.07, 6.45) is -4.25. The Kier molecular flexibility index (Phi) is 4.47. The molecule has 2 aliphatic rings. The molecule has 2 nitrogen and oxygen atoms in total. The zero-order chi connectivity index (χ0) is 14.9. The maximum atomic E-state index is 12.6. The van der Waals surface area contributed by atoms with Gasteiger partial charge in [-0.2, -0.15) is 13.2 Å². The van der Waals surface area contributed by atoms with Crippen LogP contribution in [0.3, 0.4) is 0 Å². The van der Waals surface area contributed by atoms with Crippen LogP contribution in [0.5, 0.6) is 0 Å². The lowest BCUT2D eigenvalue weighted by atomic mass is 10.0. The molecule has 2 saturated heterocycles. The number of rotatable bonds is 4. The molecule has 3 rings (SSSR count). The molecule has 1 aromatic carbocycles. The van der Waals surface area contributed by atoms with Gasteiger partial charge < -0.3 is 10.2 Å². The average Bonchev–Trinajstić information content (AvgIpc) is 2.99. The number of thioether (sulfide) groups is 1. The second kappa shape index (κ2) is 6.18. The summed E-state index contributed by atoms with van der Waals surface area (Å²) >= 11 is 1.51. The SMILES string of the molecule is FC(F)(F)c1cccc(SCCN2C[C@H]3CNC[C@H]3C2)c1. The Morgan fingerprint density at radius 1 is 1.19 bits per heavy atom. The van der Waals surface area contributed by atoms with Crippen molar-refractivity contribution in [1.82, 2.24) is 10.2 Å². The summed E-state index contributed by atoms with van der Waals surface area (Å²) in [7, 11) is 0. The van der Waals surface area contributed by atoms with Crippen LogP contribution < -0.4 is 5.32 Å². The number of alkyl halides is 3. The van der Waals surface area contributed by atoms with E-state index >= 15 is 0 Å². The van der Waals surface area contributed by atoms with Crippen molar-refractivity contribution in [3.05, 3.63) is 29.8 Å². The number of likely N-dealkylation sites (tertiary alicyclic amines) is 1. The minimum Gasteiger partial charge on any atom is -0.316 e. The van der Waals surface area contributed by atoms with E-state index in [1.54, 1.807) is 6.07 Å². The summed E-state index contributed by atoms with van der Waals surface area (Å²) in [5.74, 6) is 2.38. The first kappa shape index (κ1) is 15.2. The highest BCUT2D eigenvalue weighted by Gasteiger charge is 2.35. The van der Waals surface area contributed by atoms with Crippen molar-refractivity contribution >= 4 is 11.8 Å². The Labute approximate surface area is 127 Å². The first-order chi connectivity index (χ1) is 10.0. The number of fused-ring (bicyclic) bond motifs is 1. The van der Waals surface area contributed by atoms with Gasteiger partial charge in [0.2, 0.25) is 0 Å². The normalized spacial score (nSPS) is 26.2. The molecule has 0 radical (unpaired) electrons. The zero-order valence-corrected chi connectivity index (χ0v) is 12.5. The second-order valence-electron chi connectivity index (χ2n) is 5.81. The van der Waals surface area contributed by atoms with E-state index in [9.17, 15) is 13.2 Å². The summed E-state index contributed by atoms with van der Waals surface area (Å²) < 4.78 is 37.9. The lowest BCUT2D eigenvalue weighted by molar-refractivity contribution is -0.137. The van der Waals surface area contributed by atoms with Gasteiger partial charge in [-0.25, -0.2) is 0 Å². The fourth-order valence-corrected chi connectivity index (χ4v) is 4.16. The molecule has 0 unspecified atom stereocenters. The maximum Gasteiger partial charge on any atom is 0.416 e. The predicted octanol–water partition coefficient (Wildman–Crippen LogP) is 2.95. The van der Waals surface area contributed by atoms with Crippen molar-refractivity contribution < 1.29 is 13.2 Å². The fraction of sp³-hybridized carbons (Fsp3) is 0.600. The molecule has 116 valence electrons. The van der Waals surface area contributed by atoms with E-state index in [4.69, 9.17) is 0 Å². The molecular weight excluding hydrogens is 297 g/mol. The number of nitrogens with zero attached hydrogens (tertiary/aromatic N) is 1. The van der Waals surface area contributed by atoms with Gasteiger partial charge in [0.05, 0.1) is 5.56 Å². The van der Waals surface area contributed by atoms with E-state index in [-0.39, 0.29) is 0 Å². The molecule has 0 aromatic heterocycles. The summed E-state index contributed by atoms with van der Waals surface area (Å²) in [5, 5.41) is 3.41. The first-order valence-electron chi connectivity index (χ1n) is 7.25. The van der Waals surface area contributed by atoms with Crippen LogP contribution in [0, 0.1) is 11.8 Å². The van der Waals surface area contributed by atoms with Crippen molar-refractivity contribution in [3.8, 4) is 0 Å². The van der Waals surface area contributed by atoms with Crippen LogP contribution in [-0.4, -0.2) is 43.4 Å². The quantitative estimate of drug-likeness (QED) is 0.860. The molecule has 2 atom stereocenters.